The van der Waals surface area contributed by atoms with Crippen LogP contribution in [0, 0.1) is 31.9 Å². The van der Waals surface area contributed by atoms with Gasteiger partial charge in [0.1, 0.15) is 0 Å². The number of nitrogens with zero attached hydrogens (tertiary/aromatic N) is 2. The molecule has 0 saturated heterocycles. The first-order valence-electron chi connectivity index (χ1n) is 7.19. The number of rotatable bonds is 6. The third-order valence-corrected chi connectivity index (χ3v) is 3.15. The summed E-state index contributed by atoms with van der Waals surface area (Å²) in [5, 5.41) is 21.0. The van der Waals surface area contributed by atoms with E-state index in [0.29, 0.717) is 12.1 Å². The molecular weight excluding hydrogens is 386 g/mol. The summed E-state index contributed by atoms with van der Waals surface area (Å²) in [5.74, 6) is -4.73. The van der Waals surface area contributed by atoms with Crippen LogP contribution in [-0.4, -0.2) is 21.7 Å². The fourth-order valence-electron chi connectivity index (χ4n) is 1.80. The first kappa shape index (κ1) is 20.0. The van der Waals surface area contributed by atoms with Crippen molar-refractivity contribution in [1.82, 2.24) is 10.9 Å². The predicted octanol–water partition coefficient (Wildman–Crippen LogP) is 1.37. The number of carbonyl (C=O) groups excluding carboxylic acids is 2. The normalized spacial score (nSPS) is 9.93. The summed E-state index contributed by atoms with van der Waals surface area (Å²) in [6, 6.07) is 5.08. The van der Waals surface area contributed by atoms with E-state index in [0.717, 1.165) is 24.3 Å². The Balaban J connectivity index is 1.90. The molecule has 0 radical (unpaired) electrons. The molecule has 4 N–H and O–H groups in total. The zero-order chi connectivity index (χ0) is 20.8. The molecule has 12 nitrogen and oxygen atoms in total. The SMILES string of the molecule is O=C(NNc1ccc([N+](=O)[O-])cc1F)C(=O)NNc1ccc([N+](=O)[O-])cc1F. The number of nitrogens with one attached hydrogen (secondary N) is 4. The van der Waals surface area contributed by atoms with Crippen LogP contribution in [0.4, 0.5) is 31.5 Å². The van der Waals surface area contributed by atoms with Crippen molar-refractivity contribution < 1.29 is 28.2 Å². The van der Waals surface area contributed by atoms with Gasteiger partial charge in [0.25, 0.3) is 11.4 Å². The number of anilines is 2. The van der Waals surface area contributed by atoms with Crippen LogP contribution in [0.3, 0.4) is 0 Å². The van der Waals surface area contributed by atoms with Gasteiger partial charge in [0, 0.05) is 12.1 Å². The average molecular weight is 396 g/mol. The highest BCUT2D eigenvalue weighted by Gasteiger charge is 2.16. The Hall–Kier alpha value is -4.36. The number of nitro benzene ring substituents is 2. The van der Waals surface area contributed by atoms with Crippen LogP contribution < -0.4 is 21.7 Å². The molecule has 0 aliphatic rings. The molecule has 0 aliphatic heterocycles. The summed E-state index contributed by atoms with van der Waals surface area (Å²) in [6.07, 6.45) is 0. The van der Waals surface area contributed by atoms with Crippen LogP contribution in [-0.2, 0) is 9.59 Å². The van der Waals surface area contributed by atoms with Gasteiger partial charge in [0.15, 0.2) is 11.6 Å². The number of hydrazine groups is 2. The first-order valence-corrected chi connectivity index (χ1v) is 7.19. The van der Waals surface area contributed by atoms with Gasteiger partial charge in [-0.1, -0.05) is 0 Å². The average Bonchev–Trinajstić information content (AvgIpc) is 2.65. The number of halogens is 2. The quantitative estimate of drug-likeness (QED) is 0.322. The summed E-state index contributed by atoms with van der Waals surface area (Å²) in [7, 11) is 0. The zero-order valence-corrected chi connectivity index (χ0v) is 13.6. The van der Waals surface area contributed by atoms with Gasteiger partial charge in [-0.15, -0.1) is 0 Å². The Bertz CT molecular complexity index is 892. The van der Waals surface area contributed by atoms with Crippen LogP contribution in [0.5, 0.6) is 0 Å². The number of amides is 2. The van der Waals surface area contributed by atoms with Gasteiger partial charge < -0.3 is 0 Å². The minimum Gasteiger partial charge on any atom is -0.295 e. The highest BCUT2D eigenvalue weighted by Crippen LogP contribution is 2.20. The monoisotopic (exact) mass is 396 g/mol. The van der Waals surface area contributed by atoms with Crippen molar-refractivity contribution in [2.45, 2.75) is 0 Å². The van der Waals surface area contributed by atoms with E-state index < -0.39 is 44.7 Å². The number of benzene rings is 2. The molecule has 0 saturated carbocycles. The van der Waals surface area contributed by atoms with Crippen LogP contribution in [0.25, 0.3) is 0 Å². The van der Waals surface area contributed by atoms with Crippen molar-refractivity contribution in [2.75, 3.05) is 10.9 Å². The topological polar surface area (TPSA) is 169 Å². The number of non-ortho nitro benzene ring substituents is 2. The minimum absolute atomic E-state index is 0.346. The zero-order valence-electron chi connectivity index (χ0n) is 13.6. The maximum atomic E-state index is 13.6. The van der Waals surface area contributed by atoms with E-state index in [1.165, 1.54) is 0 Å². The third kappa shape index (κ3) is 4.84. The van der Waals surface area contributed by atoms with Crippen molar-refractivity contribution >= 4 is 34.6 Å². The molecule has 0 bridgehead atoms. The van der Waals surface area contributed by atoms with E-state index in [4.69, 9.17) is 0 Å². The Labute approximate surface area is 153 Å². The molecule has 2 rings (SSSR count). The predicted molar refractivity (Wildman–Crippen MR) is 89.6 cm³/mol. The molecule has 0 aliphatic carbocycles. The second-order valence-corrected chi connectivity index (χ2v) is 5.00. The van der Waals surface area contributed by atoms with Crippen molar-refractivity contribution in [3.05, 3.63) is 68.3 Å². The van der Waals surface area contributed by atoms with E-state index in [9.17, 15) is 38.6 Å². The summed E-state index contributed by atoms with van der Waals surface area (Å²) >= 11 is 0. The molecule has 0 spiro atoms. The minimum atomic E-state index is -1.31. The van der Waals surface area contributed by atoms with Crippen molar-refractivity contribution in [2.24, 2.45) is 0 Å². The first-order chi connectivity index (χ1) is 13.2. The summed E-state index contributed by atoms with van der Waals surface area (Å²) in [6.45, 7) is 0. The molecule has 28 heavy (non-hydrogen) atoms. The number of carbonyl (C=O) groups is 2. The Kier molecular flexibility index (Phi) is 5.95. The van der Waals surface area contributed by atoms with E-state index in [1.807, 2.05) is 10.9 Å². The van der Waals surface area contributed by atoms with E-state index in [-0.39, 0.29) is 11.4 Å². The fourth-order valence-corrected chi connectivity index (χ4v) is 1.80. The standard InChI is InChI=1S/C14H10F2N6O6/c15-9-5-7(21(25)26)1-3-11(9)17-19-13(23)14(24)20-18-12-4-2-8(22(27)28)6-10(12)16/h1-6,17-18H,(H,19,23)(H,20,24). The lowest BCUT2D eigenvalue weighted by Crippen LogP contribution is -2.44. The lowest BCUT2D eigenvalue weighted by Gasteiger charge is -2.11. The molecular formula is C14H10F2N6O6. The number of hydrogen-bond donors (Lipinski definition) is 4. The lowest BCUT2D eigenvalue weighted by atomic mass is 10.3. The molecule has 2 aromatic carbocycles. The Morgan fingerprint density at radius 3 is 1.39 bits per heavy atom. The molecule has 0 fully saturated rings. The maximum absolute atomic E-state index is 13.6. The highest BCUT2D eigenvalue weighted by atomic mass is 19.1. The van der Waals surface area contributed by atoms with Crippen LogP contribution in [0.15, 0.2) is 36.4 Å². The van der Waals surface area contributed by atoms with E-state index in [1.54, 1.807) is 0 Å². The summed E-state index contributed by atoms with van der Waals surface area (Å²) < 4.78 is 27.3. The van der Waals surface area contributed by atoms with E-state index in [2.05, 4.69) is 10.9 Å². The smallest absolute Gasteiger partial charge is 0.295 e. The van der Waals surface area contributed by atoms with Gasteiger partial charge in [0.2, 0.25) is 0 Å². The molecule has 2 amide bonds. The van der Waals surface area contributed by atoms with Crippen LogP contribution >= 0.6 is 0 Å². The van der Waals surface area contributed by atoms with Crippen molar-refractivity contribution in [3.63, 3.8) is 0 Å². The second-order valence-electron chi connectivity index (χ2n) is 5.00. The molecule has 0 atom stereocenters. The summed E-state index contributed by atoms with van der Waals surface area (Å²) in [5.41, 5.74) is 6.05. The number of hydrogen-bond acceptors (Lipinski definition) is 8. The molecule has 14 heteroatoms. The largest absolute Gasteiger partial charge is 0.329 e. The van der Waals surface area contributed by atoms with Gasteiger partial charge in [-0.3, -0.25) is 51.5 Å². The van der Waals surface area contributed by atoms with Crippen molar-refractivity contribution in [3.8, 4) is 0 Å². The maximum Gasteiger partial charge on any atom is 0.329 e. The third-order valence-electron chi connectivity index (χ3n) is 3.15. The van der Waals surface area contributed by atoms with Crippen LogP contribution in [0.2, 0.25) is 0 Å². The van der Waals surface area contributed by atoms with Crippen molar-refractivity contribution in [1.29, 1.82) is 0 Å². The highest BCUT2D eigenvalue weighted by molar-refractivity contribution is 6.35. The Morgan fingerprint density at radius 2 is 1.11 bits per heavy atom. The van der Waals surface area contributed by atoms with E-state index >= 15 is 0 Å². The van der Waals surface area contributed by atoms with Gasteiger partial charge in [-0.05, 0) is 12.1 Å². The summed E-state index contributed by atoms with van der Waals surface area (Å²) in [4.78, 5) is 42.6. The van der Waals surface area contributed by atoms with Gasteiger partial charge in [-0.25, -0.2) is 8.78 Å². The van der Waals surface area contributed by atoms with Gasteiger partial charge in [0.05, 0.1) is 33.4 Å². The molecule has 146 valence electrons. The second kappa shape index (κ2) is 8.35. The lowest BCUT2D eigenvalue weighted by molar-refractivity contribution is -0.385. The number of nitro groups is 2. The Morgan fingerprint density at radius 1 is 0.750 bits per heavy atom. The molecule has 0 heterocycles. The van der Waals surface area contributed by atoms with Gasteiger partial charge in [-0.2, -0.15) is 0 Å². The molecule has 0 unspecified atom stereocenters. The van der Waals surface area contributed by atoms with Gasteiger partial charge >= 0.3 is 11.8 Å². The fraction of sp³-hybridized carbons (Fsp3) is 0. The molecule has 0 aromatic heterocycles. The molecule has 2 aromatic rings. The van der Waals surface area contributed by atoms with Crippen LogP contribution in [0.1, 0.15) is 0 Å².